The van der Waals surface area contributed by atoms with E-state index in [1.807, 2.05) is 6.07 Å². The second-order valence-electron chi connectivity index (χ2n) is 10.6. The van der Waals surface area contributed by atoms with E-state index >= 15 is 4.39 Å². The number of hydrogen-bond acceptors (Lipinski definition) is 0. The summed E-state index contributed by atoms with van der Waals surface area (Å²) < 4.78 is 15.0. The number of benzene rings is 1. The van der Waals surface area contributed by atoms with Crippen molar-refractivity contribution < 1.29 is 4.39 Å². The van der Waals surface area contributed by atoms with Crippen LogP contribution in [0.2, 0.25) is 0 Å². The van der Waals surface area contributed by atoms with Gasteiger partial charge in [0.15, 0.2) is 0 Å². The van der Waals surface area contributed by atoms with Crippen LogP contribution in [0.4, 0.5) is 4.39 Å². The lowest BCUT2D eigenvalue weighted by Crippen LogP contribution is -2.24. The predicted molar refractivity (Wildman–Crippen MR) is 133 cm³/mol. The Hall–Kier alpha value is -1.11. The van der Waals surface area contributed by atoms with E-state index in [0.717, 1.165) is 24.8 Å². The topological polar surface area (TPSA) is 0 Å². The van der Waals surface area contributed by atoms with E-state index in [9.17, 15) is 0 Å². The number of halogens is 1. The molecule has 0 spiro atoms. The average molecular weight is 427 g/mol. The number of unbranched alkanes of at least 4 members (excludes halogenated alkanes) is 3. The molecule has 1 heteroatoms. The highest BCUT2D eigenvalue weighted by molar-refractivity contribution is 5.29. The highest BCUT2D eigenvalue weighted by Crippen LogP contribution is 2.45. The number of allylic oxidation sites excluding steroid dienone is 2. The van der Waals surface area contributed by atoms with E-state index in [1.165, 1.54) is 102 Å². The maximum Gasteiger partial charge on any atom is 0.126 e. The summed E-state index contributed by atoms with van der Waals surface area (Å²) >= 11 is 0. The molecule has 0 aliphatic heterocycles. The zero-order chi connectivity index (χ0) is 21.9. The van der Waals surface area contributed by atoms with Crippen LogP contribution in [0.15, 0.2) is 29.8 Å². The summed E-state index contributed by atoms with van der Waals surface area (Å²) in [6.07, 6.45) is 25.4. The molecule has 1 saturated carbocycles. The van der Waals surface area contributed by atoms with Crippen molar-refractivity contribution in [3.05, 3.63) is 46.8 Å². The molecule has 2 aliphatic rings. The second kappa shape index (κ2) is 12.8. The molecule has 0 nitrogen and oxygen atoms in total. The summed E-state index contributed by atoms with van der Waals surface area (Å²) in [5.74, 6) is 0.526. The van der Waals surface area contributed by atoms with Crippen molar-refractivity contribution in [2.75, 3.05) is 0 Å². The van der Waals surface area contributed by atoms with E-state index < -0.39 is 0 Å². The number of hydrogen-bond donors (Lipinski definition) is 0. The van der Waals surface area contributed by atoms with Gasteiger partial charge in [0.05, 0.1) is 0 Å². The first kappa shape index (κ1) is 24.5. The molecule has 174 valence electrons. The van der Waals surface area contributed by atoms with Crippen molar-refractivity contribution in [3.63, 3.8) is 0 Å². The van der Waals surface area contributed by atoms with Crippen molar-refractivity contribution >= 4 is 0 Å². The minimum Gasteiger partial charge on any atom is -0.207 e. The third kappa shape index (κ3) is 7.47. The van der Waals surface area contributed by atoms with Crippen LogP contribution in [0, 0.1) is 11.2 Å². The van der Waals surface area contributed by atoms with Gasteiger partial charge >= 0.3 is 0 Å². The largest absolute Gasteiger partial charge is 0.207 e. The summed E-state index contributed by atoms with van der Waals surface area (Å²) in [6.45, 7) is 4.63. The fourth-order valence-electron chi connectivity index (χ4n) is 6.12. The summed E-state index contributed by atoms with van der Waals surface area (Å²) in [4.78, 5) is 0. The van der Waals surface area contributed by atoms with Crippen LogP contribution in [0.1, 0.15) is 140 Å². The van der Waals surface area contributed by atoms with Gasteiger partial charge in [0.25, 0.3) is 0 Å². The minimum atomic E-state index is 0.0412. The first-order chi connectivity index (χ1) is 15.2. The van der Waals surface area contributed by atoms with Gasteiger partial charge in [-0.1, -0.05) is 82.6 Å². The monoisotopic (exact) mass is 426 g/mol. The normalized spacial score (nSPS) is 19.8. The molecule has 1 aromatic rings. The molecular weight excluding hydrogens is 379 g/mol. The van der Waals surface area contributed by atoms with Crippen LogP contribution in [0.25, 0.3) is 0 Å². The van der Waals surface area contributed by atoms with Crippen LogP contribution in [-0.4, -0.2) is 0 Å². The number of rotatable bonds is 12. The van der Waals surface area contributed by atoms with E-state index in [2.05, 4.69) is 32.1 Å². The zero-order valence-electron chi connectivity index (χ0n) is 20.5. The molecule has 3 rings (SSSR count). The van der Waals surface area contributed by atoms with Crippen molar-refractivity contribution in [2.24, 2.45) is 5.41 Å². The Morgan fingerprint density at radius 1 is 0.968 bits per heavy atom. The van der Waals surface area contributed by atoms with Gasteiger partial charge in [-0.3, -0.25) is 0 Å². The van der Waals surface area contributed by atoms with Gasteiger partial charge in [0.2, 0.25) is 0 Å². The van der Waals surface area contributed by atoms with Crippen LogP contribution < -0.4 is 0 Å². The predicted octanol–water partition coefficient (Wildman–Crippen LogP) is 10.1. The molecule has 31 heavy (non-hydrogen) atoms. The molecular formula is C30H47F. The summed E-state index contributed by atoms with van der Waals surface area (Å²) in [6, 6.07) is 6.28. The van der Waals surface area contributed by atoms with Crippen molar-refractivity contribution in [1.29, 1.82) is 0 Å². The van der Waals surface area contributed by atoms with Crippen molar-refractivity contribution in [1.82, 2.24) is 0 Å². The van der Waals surface area contributed by atoms with E-state index in [4.69, 9.17) is 0 Å². The highest BCUT2D eigenvalue weighted by Gasteiger charge is 2.31. The molecule has 0 N–H and O–H groups in total. The second-order valence-corrected chi connectivity index (χ2v) is 10.6. The first-order valence-corrected chi connectivity index (χ1v) is 13.6. The SMILES string of the molecule is CCCCCCc1ccc(C(CCC2(CC)CCCCC2)CC2=CCCCC2)cc1F. The lowest BCUT2D eigenvalue weighted by molar-refractivity contribution is 0.156. The van der Waals surface area contributed by atoms with E-state index in [-0.39, 0.29) is 5.82 Å². The van der Waals surface area contributed by atoms with Gasteiger partial charge in [-0.25, -0.2) is 4.39 Å². The average Bonchev–Trinajstić information content (AvgIpc) is 2.81. The van der Waals surface area contributed by atoms with Gasteiger partial charge in [-0.15, -0.1) is 0 Å². The van der Waals surface area contributed by atoms with Crippen molar-refractivity contribution in [2.45, 2.75) is 135 Å². The fraction of sp³-hybridized carbons (Fsp3) is 0.733. The third-order valence-electron chi connectivity index (χ3n) is 8.43. The molecule has 0 bridgehead atoms. The Morgan fingerprint density at radius 2 is 1.81 bits per heavy atom. The molecule has 0 heterocycles. The molecule has 1 unspecified atom stereocenters. The Bertz CT molecular complexity index is 680. The van der Waals surface area contributed by atoms with Crippen LogP contribution in [0.3, 0.4) is 0 Å². The third-order valence-corrected chi connectivity index (χ3v) is 8.43. The summed E-state index contributed by atoms with van der Waals surface area (Å²) in [5, 5.41) is 0. The minimum absolute atomic E-state index is 0.0412. The molecule has 1 fully saturated rings. The van der Waals surface area contributed by atoms with Crippen LogP contribution >= 0.6 is 0 Å². The Morgan fingerprint density at radius 3 is 2.48 bits per heavy atom. The molecule has 0 radical (unpaired) electrons. The maximum atomic E-state index is 15.0. The molecule has 1 atom stereocenters. The Balaban J connectivity index is 1.70. The van der Waals surface area contributed by atoms with Gasteiger partial charge in [0.1, 0.15) is 5.82 Å². The zero-order valence-corrected chi connectivity index (χ0v) is 20.5. The van der Waals surface area contributed by atoms with Gasteiger partial charge in [-0.05, 0) is 99.2 Å². The van der Waals surface area contributed by atoms with Crippen LogP contribution in [-0.2, 0) is 6.42 Å². The molecule has 2 aliphatic carbocycles. The van der Waals surface area contributed by atoms with E-state index in [0.29, 0.717) is 11.3 Å². The molecule has 0 amide bonds. The standard InChI is InChI=1S/C30H47F/c1-3-5-6-11-16-26-17-18-27(24-29(26)31)28(23-25-14-9-7-10-15-25)19-22-30(4-2)20-12-8-13-21-30/h14,17-18,24,28H,3-13,15-16,19-23H2,1-2H3. The summed E-state index contributed by atoms with van der Waals surface area (Å²) in [5.41, 5.74) is 4.36. The van der Waals surface area contributed by atoms with Crippen LogP contribution in [0.5, 0.6) is 0 Å². The maximum absolute atomic E-state index is 15.0. The first-order valence-electron chi connectivity index (χ1n) is 13.6. The van der Waals surface area contributed by atoms with Gasteiger partial charge in [0, 0.05) is 0 Å². The quantitative estimate of drug-likeness (QED) is 0.230. The fourth-order valence-corrected chi connectivity index (χ4v) is 6.12. The van der Waals surface area contributed by atoms with Gasteiger partial charge in [-0.2, -0.15) is 0 Å². The van der Waals surface area contributed by atoms with E-state index in [1.54, 1.807) is 5.57 Å². The number of aryl methyl sites for hydroxylation is 1. The molecule has 1 aromatic carbocycles. The molecule has 0 saturated heterocycles. The Labute approximate surface area is 192 Å². The lowest BCUT2D eigenvalue weighted by atomic mass is 9.68. The van der Waals surface area contributed by atoms with Crippen molar-refractivity contribution in [3.8, 4) is 0 Å². The summed E-state index contributed by atoms with van der Waals surface area (Å²) in [7, 11) is 0. The highest BCUT2D eigenvalue weighted by atomic mass is 19.1. The van der Waals surface area contributed by atoms with Gasteiger partial charge < -0.3 is 0 Å². The molecule has 0 aromatic heterocycles. The lowest BCUT2D eigenvalue weighted by Gasteiger charge is -2.38. The smallest absolute Gasteiger partial charge is 0.126 e. The Kier molecular flexibility index (Phi) is 10.1.